The molecule has 1 amide bonds. The van der Waals surface area contributed by atoms with Gasteiger partial charge in [-0.2, -0.15) is 0 Å². The quantitative estimate of drug-likeness (QED) is 0.835. The van der Waals surface area contributed by atoms with Gasteiger partial charge < -0.3 is 15.5 Å². The predicted octanol–water partition coefficient (Wildman–Crippen LogP) is 1.09. The van der Waals surface area contributed by atoms with Gasteiger partial charge in [-0.15, -0.1) is 0 Å². The van der Waals surface area contributed by atoms with E-state index >= 15 is 0 Å². The molecule has 2 saturated heterocycles. The third-order valence-electron chi connectivity index (χ3n) is 4.09. The summed E-state index contributed by atoms with van der Waals surface area (Å²) in [5, 5.41) is 6.30. The van der Waals surface area contributed by atoms with Crippen molar-refractivity contribution in [2.75, 3.05) is 37.6 Å². The summed E-state index contributed by atoms with van der Waals surface area (Å²) in [7, 11) is 0. The van der Waals surface area contributed by atoms with E-state index in [1.807, 2.05) is 0 Å². The molecule has 2 aliphatic heterocycles. The number of hydrogen-bond acceptors (Lipinski definition) is 3. The molecule has 0 spiro atoms. The number of carbonyl (C=O) groups is 1. The Morgan fingerprint density at radius 3 is 2.68 bits per heavy atom. The summed E-state index contributed by atoms with van der Waals surface area (Å²) in [6.07, 6.45) is 2.38. The smallest absolute Gasteiger partial charge is 0.239 e. The predicted molar refractivity (Wildman–Crippen MR) is 76.5 cm³/mol. The van der Waals surface area contributed by atoms with E-state index in [2.05, 4.69) is 39.8 Å². The summed E-state index contributed by atoms with van der Waals surface area (Å²) in [5.41, 5.74) is 2.67. The van der Waals surface area contributed by atoms with E-state index < -0.39 is 0 Å². The molecule has 0 bridgehead atoms. The third kappa shape index (κ3) is 2.73. The number of piperazine rings is 1. The number of amides is 1. The summed E-state index contributed by atoms with van der Waals surface area (Å²) >= 11 is 0. The Balaban J connectivity index is 1.85. The van der Waals surface area contributed by atoms with E-state index in [9.17, 15) is 4.79 Å². The lowest BCUT2D eigenvalue weighted by atomic mass is 9.88. The van der Waals surface area contributed by atoms with E-state index in [0.29, 0.717) is 12.5 Å². The summed E-state index contributed by atoms with van der Waals surface area (Å²) < 4.78 is 0. The molecule has 2 fully saturated rings. The maximum Gasteiger partial charge on any atom is 0.239 e. The van der Waals surface area contributed by atoms with Crippen molar-refractivity contribution in [2.24, 2.45) is 0 Å². The number of anilines is 1. The van der Waals surface area contributed by atoms with Gasteiger partial charge in [0.25, 0.3) is 0 Å². The number of carbonyl (C=O) groups excluding carboxylic acids is 1. The average molecular weight is 259 g/mol. The standard InChI is InChI=1S/C15H21N3O/c19-15-11-18(10-9-17-15)14-4-2-1-3-13(14)12-5-7-16-8-6-12/h1-4,12,16H,5-11H2,(H,17,19). The number of benzene rings is 1. The van der Waals surface area contributed by atoms with Crippen LogP contribution < -0.4 is 15.5 Å². The molecular formula is C15H21N3O. The van der Waals surface area contributed by atoms with Crippen molar-refractivity contribution >= 4 is 11.6 Å². The van der Waals surface area contributed by atoms with Crippen LogP contribution in [-0.4, -0.2) is 38.6 Å². The van der Waals surface area contributed by atoms with Gasteiger partial charge in [0.2, 0.25) is 5.91 Å². The van der Waals surface area contributed by atoms with Gasteiger partial charge in [-0.3, -0.25) is 4.79 Å². The molecule has 2 aliphatic rings. The Morgan fingerprint density at radius 2 is 1.89 bits per heavy atom. The lowest BCUT2D eigenvalue weighted by molar-refractivity contribution is -0.120. The van der Waals surface area contributed by atoms with E-state index in [-0.39, 0.29) is 5.91 Å². The highest BCUT2D eigenvalue weighted by molar-refractivity contribution is 5.83. The zero-order valence-electron chi connectivity index (χ0n) is 11.2. The van der Waals surface area contributed by atoms with Crippen molar-refractivity contribution in [2.45, 2.75) is 18.8 Å². The summed E-state index contributed by atoms with van der Waals surface area (Å²) in [6, 6.07) is 8.59. The van der Waals surface area contributed by atoms with E-state index in [4.69, 9.17) is 0 Å². The van der Waals surface area contributed by atoms with E-state index in [1.165, 1.54) is 24.1 Å². The van der Waals surface area contributed by atoms with Gasteiger partial charge in [0.15, 0.2) is 0 Å². The minimum atomic E-state index is 0.131. The van der Waals surface area contributed by atoms with Crippen molar-refractivity contribution in [3.05, 3.63) is 29.8 Å². The fraction of sp³-hybridized carbons (Fsp3) is 0.533. The Hall–Kier alpha value is -1.55. The van der Waals surface area contributed by atoms with Gasteiger partial charge in [0, 0.05) is 18.8 Å². The fourth-order valence-electron chi connectivity index (χ4n) is 3.10. The molecule has 1 aromatic carbocycles. The number of rotatable bonds is 2. The summed E-state index contributed by atoms with van der Waals surface area (Å²) in [4.78, 5) is 13.8. The molecule has 2 N–H and O–H groups in total. The molecule has 4 nitrogen and oxygen atoms in total. The molecule has 0 aliphatic carbocycles. The molecule has 2 heterocycles. The molecule has 1 aromatic rings. The maximum absolute atomic E-state index is 11.6. The lowest BCUT2D eigenvalue weighted by Gasteiger charge is -2.33. The van der Waals surface area contributed by atoms with Gasteiger partial charge in [0.1, 0.15) is 0 Å². The first-order chi connectivity index (χ1) is 9.34. The van der Waals surface area contributed by atoms with Crippen LogP contribution in [0.1, 0.15) is 24.3 Å². The largest absolute Gasteiger partial charge is 0.360 e. The van der Waals surface area contributed by atoms with Gasteiger partial charge in [0.05, 0.1) is 6.54 Å². The van der Waals surface area contributed by atoms with Crippen molar-refractivity contribution in [3.63, 3.8) is 0 Å². The minimum Gasteiger partial charge on any atom is -0.360 e. The first-order valence-corrected chi connectivity index (χ1v) is 7.16. The van der Waals surface area contributed by atoms with Crippen molar-refractivity contribution in [1.82, 2.24) is 10.6 Å². The van der Waals surface area contributed by atoms with Gasteiger partial charge in [-0.1, -0.05) is 18.2 Å². The second-order valence-electron chi connectivity index (χ2n) is 5.35. The number of hydrogen-bond donors (Lipinski definition) is 2. The highest BCUT2D eigenvalue weighted by atomic mass is 16.2. The number of para-hydroxylation sites is 1. The molecule has 0 atom stereocenters. The fourth-order valence-corrected chi connectivity index (χ4v) is 3.10. The maximum atomic E-state index is 11.6. The molecule has 0 radical (unpaired) electrons. The molecular weight excluding hydrogens is 238 g/mol. The molecule has 0 saturated carbocycles. The van der Waals surface area contributed by atoms with Gasteiger partial charge in [-0.25, -0.2) is 0 Å². The van der Waals surface area contributed by atoms with Crippen molar-refractivity contribution < 1.29 is 4.79 Å². The number of nitrogens with one attached hydrogen (secondary N) is 2. The first-order valence-electron chi connectivity index (χ1n) is 7.16. The molecule has 102 valence electrons. The number of piperidine rings is 1. The molecule has 0 unspecified atom stereocenters. The van der Waals surface area contributed by atoms with Gasteiger partial charge >= 0.3 is 0 Å². The Bertz CT molecular complexity index is 454. The normalized spacial score (nSPS) is 21.3. The third-order valence-corrected chi connectivity index (χ3v) is 4.09. The molecule has 0 aromatic heterocycles. The first kappa shape index (κ1) is 12.5. The van der Waals surface area contributed by atoms with Crippen LogP contribution in [0.15, 0.2) is 24.3 Å². The monoisotopic (exact) mass is 259 g/mol. The topological polar surface area (TPSA) is 44.4 Å². The van der Waals surface area contributed by atoms with Gasteiger partial charge in [-0.05, 0) is 43.5 Å². The van der Waals surface area contributed by atoms with Crippen LogP contribution in [0.25, 0.3) is 0 Å². The Labute approximate surface area is 114 Å². The number of nitrogens with zero attached hydrogens (tertiary/aromatic N) is 1. The molecule has 3 rings (SSSR count). The van der Waals surface area contributed by atoms with Crippen LogP contribution in [0, 0.1) is 0 Å². The van der Waals surface area contributed by atoms with Crippen LogP contribution in [0.3, 0.4) is 0 Å². The SMILES string of the molecule is O=C1CN(c2ccccc2C2CCNCC2)CCN1. The minimum absolute atomic E-state index is 0.131. The second kappa shape index (κ2) is 5.61. The summed E-state index contributed by atoms with van der Waals surface area (Å²) in [6.45, 7) is 4.34. The lowest BCUT2D eigenvalue weighted by Crippen LogP contribution is -2.48. The highest BCUT2D eigenvalue weighted by Gasteiger charge is 2.23. The highest BCUT2D eigenvalue weighted by Crippen LogP contribution is 2.33. The van der Waals surface area contributed by atoms with Crippen LogP contribution >= 0.6 is 0 Å². The van der Waals surface area contributed by atoms with Crippen molar-refractivity contribution in [1.29, 1.82) is 0 Å². The second-order valence-corrected chi connectivity index (χ2v) is 5.35. The molecule has 4 heteroatoms. The van der Waals surface area contributed by atoms with Crippen LogP contribution in [-0.2, 0) is 4.79 Å². The Kier molecular flexibility index (Phi) is 3.69. The Morgan fingerprint density at radius 1 is 1.11 bits per heavy atom. The average Bonchev–Trinajstić information content (AvgIpc) is 2.48. The zero-order chi connectivity index (χ0) is 13.1. The summed E-state index contributed by atoms with van der Waals surface area (Å²) in [5.74, 6) is 0.758. The molecule has 19 heavy (non-hydrogen) atoms. The van der Waals surface area contributed by atoms with E-state index in [0.717, 1.165) is 26.2 Å². The zero-order valence-corrected chi connectivity index (χ0v) is 11.2. The van der Waals surface area contributed by atoms with Crippen LogP contribution in [0.5, 0.6) is 0 Å². The van der Waals surface area contributed by atoms with E-state index in [1.54, 1.807) is 0 Å². The van der Waals surface area contributed by atoms with Crippen LogP contribution in [0.4, 0.5) is 5.69 Å². The van der Waals surface area contributed by atoms with Crippen molar-refractivity contribution in [3.8, 4) is 0 Å². The van der Waals surface area contributed by atoms with Crippen LogP contribution in [0.2, 0.25) is 0 Å².